The Kier molecular flexibility index (Phi) is 2.55. The van der Waals surface area contributed by atoms with Gasteiger partial charge in [0, 0.05) is 31.5 Å². The van der Waals surface area contributed by atoms with Gasteiger partial charge in [0.1, 0.15) is 0 Å². The van der Waals surface area contributed by atoms with Crippen molar-refractivity contribution in [1.82, 2.24) is 19.6 Å². The van der Waals surface area contributed by atoms with Crippen LogP contribution in [0.4, 0.5) is 0 Å². The summed E-state index contributed by atoms with van der Waals surface area (Å²) < 4.78 is 3.65. The predicted octanol–water partition coefficient (Wildman–Crippen LogP) is 0.473. The zero-order chi connectivity index (χ0) is 10.8. The Morgan fingerprint density at radius 2 is 2.33 bits per heavy atom. The number of nitrogens with two attached hydrogens (primary N) is 1. The van der Waals surface area contributed by atoms with Crippen LogP contribution < -0.4 is 5.73 Å². The van der Waals surface area contributed by atoms with Crippen molar-refractivity contribution in [3.63, 3.8) is 0 Å². The first-order valence-corrected chi connectivity index (χ1v) is 4.91. The molecule has 0 spiro atoms. The second-order valence-corrected chi connectivity index (χ2v) is 3.64. The molecule has 0 aliphatic rings. The van der Waals surface area contributed by atoms with E-state index in [2.05, 4.69) is 10.2 Å². The van der Waals surface area contributed by atoms with E-state index in [4.69, 9.17) is 5.73 Å². The molecule has 2 heterocycles. The maximum absolute atomic E-state index is 5.76. The van der Waals surface area contributed by atoms with Crippen molar-refractivity contribution in [2.75, 3.05) is 6.54 Å². The van der Waals surface area contributed by atoms with Gasteiger partial charge in [-0.1, -0.05) is 0 Å². The maximum atomic E-state index is 5.76. The molecule has 0 aliphatic heterocycles. The van der Waals surface area contributed by atoms with Gasteiger partial charge in [-0.05, 0) is 13.0 Å². The fourth-order valence-electron chi connectivity index (χ4n) is 1.62. The molecule has 5 heteroatoms. The zero-order valence-electron chi connectivity index (χ0n) is 8.96. The zero-order valence-corrected chi connectivity index (χ0v) is 8.96. The number of rotatable bonds is 3. The first-order valence-electron chi connectivity index (χ1n) is 4.91. The standard InChI is InChI=1S/C10H15N5/c1-8-3-4-15(13-8)10(5-11)9-6-12-14(2)7-9/h3-4,6-7,10H,5,11H2,1-2H3. The second-order valence-electron chi connectivity index (χ2n) is 3.64. The van der Waals surface area contributed by atoms with Gasteiger partial charge in [-0.2, -0.15) is 10.2 Å². The van der Waals surface area contributed by atoms with E-state index in [1.807, 2.05) is 43.3 Å². The Balaban J connectivity index is 2.32. The molecule has 5 nitrogen and oxygen atoms in total. The number of aromatic nitrogens is 4. The van der Waals surface area contributed by atoms with Crippen molar-refractivity contribution < 1.29 is 0 Å². The fourth-order valence-corrected chi connectivity index (χ4v) is 1.62. The van der Waals surface area contributed by atoms with Crippen molar-refractivity contribution in [2.45, 2.75) is 13.0 Å². The lowest BCUT2D eigenvalue weighted by atomic mass is 10.2. The monoisotopic (exact) mass is 205 g/mol. The van der Waals surface area contributed by atoms with E-state index in [0.29, 0.717) is 6.54 Å². The van der Waals surface area contributed by atoms with E-state index < -0.39 is 0 Å². The first-order chi connectivity index (χ1) is 7.20. The Morgan fingerprint density at radius 3 is 2.80 bits per heavy atom. The van der Waals surface area contributed by atoms with E-state index in [0.717, 1.165) is 11.3 Å². The molecule has 0 saturated heterocycles. The predicted molar refractivity (Wildman–Crippen MR) is 57.4 cm³/mol. The average molecular weight is 205 g/mol. The molecule has 0 saturated carbocycles. The average Bonchev–Trinajstić information content (AvgIpc) is 2.78. The molecule has 1 unspecified atom stereocenters. The van der Waals surface area contributed by atoms with Crippen LogP contribution in [0.3, 0.4) is 0 Å². The lowest BCUT2D eigenvalue weighted by Gasteiger charge is -2.13. The molecule has 15 heavy (non-hydrogen) atoms. The van der Waals surface area contributed by atoms with Crippen LogP contribution in [-0.2, 0) is 7.05 Å². The fraction of sp³-hybridized carbons (Fsp3) is 0.400. The van der Waals surface area contributed by atoms with Crippen LogP contribution in [0.5, 0.6) is 0 Å². The van der Waals surface area contributed by atoms with Crippen LogP contribution in [-0.4, -0.2) is 26.1 Å². The van der Waals surface area contributed by atoms with E-state index in [9.17, 15) is 0 Å². The summed E-state index contributed by atoms with van der Waals surface area (Å²) in [6.07, 6.45) is 5.74. The van der Waals surface area contributed by atoms with Gasteiger partial charge in [0.25, 0.3) is 0 Å². The van der Waals surface area contributed by atoms with Gasteiger partial charge in [-0.3, -0.25) is 9.36 Å². The number of aryl methyl sites for hydroxylation is 2. The first kappa shape index (κ1) is 9.92. The number of nitrogens with zero attached hydrogens (tertiary/aromatic N) is 4. The van der Waals surface area contributed by atoms with E-state index in [1.165, 1.54) is 0 Å². The molecule has 2 aromatic rings. The maximum Gasteiger partial charge on any atom is 0.0920 e. The SMILES string of the molecule is Cc1ccn(C(CN)c2cnn(C)c2)n1. The third-order valence-corrected chi connectivity index (χ3v) is 2.39. The van der Waals surface area contributed by atoms with Crippen LogP contribution in [0.15, 0.2) is 24.7 Å². The molecule has 0 aromatic carbocycles. The lowest BCUT2D eigenvalue weighted by molar-refractivity contribution is 0.528. The van der Waals surface area contributed by atoms with Crippen molar-refractivity contribution in [3.05, 3.63) is 35.9 Å². The summed E-state index contributed by atoms with van der Waals surface area (Å²) in [5.41, 5.74) is 7.84. The van der Waals surface area contributed by atoms with Crippen LogP contribution in [0.1, 0.15) is 17.3 Å². The van der Waals surface area contributed by atoms with Gasteiger partial charge in [0.15, 0.2) is 0 Å². The summed E-state index contributed by atoms with van der Waals surface area (Å²) in [5.74, 6) is 0. The molecule has 2 N–H and O–H groups in total. The minimum Gasteiger partial charge on any atom is -0.328 e. The molecule has 80 valence electrons. The summed E-state index contributed by atoms with van der Waals surface area (Å²) in [7, 11) is 1.89. The molecule has 0 amide bonds. The highest BCUT2D eigenvalue weighted by molar-refractivity contribution is 5.13. The van der Waals surface area contributed by atoms with Crippen molar-refractivity contribution in [3.8, 4) is 0 Å². The van der Waals surface area contributed by atoms with Gasteiger partial charge < -0.3 is 5.73 Å². The third kappa shape index (κ3) is 1.92. The molecule has 0 radical (unpaired) electrons. The summed E-state index contributed by atoms with van der Waals surface area (Å²) in [5, 5.41) is 8.50. The molecule has 2 aromatic heterocycles. The van der Waals surface area contributed by atoms with Gasteiger partial charge in [-0.25, -0.2) is 0 Å². The normalized spacial score (nSPS) is 13.0. The molecular formula is C10H15N5. The third-order valence-electron chi connectivity index (χ3n) is 2.39. The molecule has 0 aliphatic carbocycles. The summed E-state index contributed by atoms with van der Waals surface area (Å²) in [6.45, 7) is 2.49. The van der Waals surface area contributed by atoms with E-state index in [1.54, 1.807) is 4.68 Å². The van der Waals surface area contributed by atoms with Gasteiger partial charge >= 0.3 is 0 Å². The molecular weight excluding hydrogens is 190 g/mol. The summed E-state index contributed by atoms with van der Waals surface area (Å²) in [6, 6.07) is 2.05. The topological polar surface area (TPSA) is 61.7 Å². The van der Waals surface area contributed by atoms with Crippen molar-refractivity contribution in [1.29, 1.82) is 0 Å². The Bertz CT molecular complexity index is 402. The van der Waals surface area contributed by atoms with Crippen LogP contribution in [0.2, 0.25) is 0 Å². The van der Waals surface area contributed by atoms with E-state index >= 15 is 0 Å². The lowest BCUT2D eigenvalue weighted by Crippen LogP contribution is -2.20. The van der Waals surface area contributed by atoms with Gasteiger partial charge in [0.05, 0.1) is 17.9 Å². The molecule has 1 atom stereocenters. The second kappa shape index (κ2) is 3.86. The number of hydrogen-bond donors (Lipinski definition) is 1. The summed E-state index contributed by atoms with van der Waals surface area (Å²) >= 11 is 0. The highest BCUT2D eigenvalue weighted by Crippen LogP contribution is 2.15. The highest BCUT2D eigenvalue weighted by atomic mass is 15.3. The Labute approximate surface area is 88.5 Å². The minimum absolute atomic E-state index is 0.0763. The van der Waals surface area contributed by atoms with Gasteiger partial charge in [0.2, 0.25) is 0 Å². The van der Waals surface area contributed by atoms with Crippen LogP contribution >= 0.6 is 0 Å². The minimum atomic E-state index is 0.0763. The molecule has 0 bridgehead atoms. The highest BCUT2D eigenvalue weighted by Gasteiger charge is 2.13. The Hall–Kier alpha value is -1.62. The van der Waals surface area contributed by atoms with E-state index in [-0.39, 0.29) is 6.04 Å². The summed E-state index contributed by atoms with van der Waals surface area (Å²) in [4.78, 5) is 0. The molecule has 2 rings (SSSR count). The van der Waals surface area contributed by atoms with Crippen molar-refractivity contribution in [2.24, 2.45) is 12.8 Å². The van der Waals surface area contributed by atoms with Crippen LogP contribution in [0.25, 0.3) is 0 Å². The Morgan fingerprint density at radius 1 is 1.53 bits per heavy atom. The largest absolute Gasteiger partial charge is 0.328 e. The quantitative estimate of drug-likeness (QED) is 0.792. The van der Waals surface area contributed by atoms with Gasteiger partial charge in [-0.15, -0.1) is 0 Å². The van der Waals surface area contributed by atoms with Crippen molar-refractivity contribution >= 4 is 0 Å². The molecule has 0 fully saturated rings. The smallest absolute Gasteiger partial charge is 0.0920 e. The van der Waals surface area contributed by atoms with Crippen LogP contribution in [0, 0.1) is 6.92 Å². The number of hydrogen-bond acceptors (Lipinski definition) is 3.